The van der Waals surface area contributed by atoms with Crippen LogP contribution in [0.3, 0.4) is 0 Å². The maximum absolute atomic E-state index is 13.8. The Bertz CT molecular complexity index is 1850. The highest BCUT2D eigenvalue weighted by Gasteiger charge is 2.37. The van der Waals surface area contributed by atoms with Gasteiger partial charge in [0, 0.05) is 74.0 Å². The van der Waals surface area contributed by atoms with E-state index in [9.17, 15) is 43.5 Å². The van der Waals surface area contributed by atoms with E-state index in [1.165, 1.54) is 38.5 Å². The molecule has 0 aromatic heterocycles. The number of carboxylic acid groups (broad SMARTS) is 2. The number of benzene rings is 2. The zero-order valence-electron chi connectivity index (χ0n) is 36.4. The Kier molecular flexibility index (Phi) is 22.0. The number of ether oxygens (including phenoxy) is 1. The van der Waals surface area contributed by atoms with Gasteiger partial charge in [-0.3, -0.25) is 33.6 Å². The highest BCUT2D eigenvalue weighted by molar-refractivity contribution is 6.30. The molecule has 0 bridgehead atoms. The lowest BCUT2D eigenvalue weighted by Gasteiger charge is -2.27. The molecule has 2 aromatic rings. The first-order valence-corrected chi connectivity index (χ1v) is 21.9. The number of unbranched alkanes of at least 4 members (excludes halogenated alkanes) is 8. The Morgan fingerprint density at radius 3 is 2.02 bits per heavy atom. The van der Waals surface area contributed by atoms with Crippen LogP contribution in [0.25, 0.3) is 10.8 Å². The van der Waals surface area contributed by atoms with Crippen molar-refractivity contribution in [3.8, 4) is 0 Å². The topological polar surface area (TPSA) is 264 Å². The van der Waals surface area contributed by atoms with Crippen LogP contribution in [0.2, 0.25) is 0 Å². The van der Waals surface area contributed by atoms with Crippen molar-refractivity contribution in [2.24, 2.45) is 11.7 Å². The van der Waals surface area contributed by atoms with Gasteiger partial charge in [-0.2, -0.15) is 0 Å². The van der Waals surface area contributed by atoms with Gasteiger partial charge in [-0.15, -0.1) is 0 Å². The highest BCUT2D eigenvalue weighted by Crippen LogP contribution is 2.38. The van der Waals surface area contributed by atoms with E-state index in [1.807, 2.05) is 31.1 Å². The number of Topliss-reactive ketones (excluding diaryl/α,β-unsaturated/α-hetero) is 2. The maximum Gasteiger partial charge on any atom is 0.326 e. The summed E-state index contributed by atoms with van der Waals surface area (Å²) in [5, 5.41) is 30.0. The van der Waals surface area contributed by atoms with Crippen LogP contribution < -0.4 is 31.9 Å². The van der Waals surface area contributed by atoms with Crippen molar-refractivity contribution in [1.82, 2.24) is 21.3 Å². The fourth-order valence-corrected chi connectivity index (χ4v) is 7.45. The van der Waals surface area contributed by atoms with Crippen molar-refractivity contribution in [2.45, 2.75) is 128 Å². The fraction of sp³-hybridized carbons (Fsp3) is 0.600. The van der Waals surface area contributed by atoms with Gasteiger partial charge in [-0.1, -0.05) is 76.5 Å². The fourth-order valence-electron chi connectivity index (χ4n) is 7.45. The number of rotatable bonds is 31. The van der Waals surface area contributed by atoms with E-state index in [4.69, 9.17) is 15.6 Å². The van der Waals surface area contributed by atoms with Crippen molar-refractivity contribution >= 4 is 63.6 Å². The molecule has 0 aliphatic heterocycles. The molecule has 0 saturated heterocycles. The van der Waals surface area contributed by atoms with Gasteiger partial charge in [0.2, 0.25) is 23.6 Å². The summed E-state index contributed by atoms with van der Waals surface area (Å²) in [6.07, 6.45) is 9.77. The Hall–Kier alpha value is -5.42. The van der Waals surface area contributed by atoms with Crippen LogP contribution in [0.4, 0.5) is 5.69 Å². The van der Waals surface area contributed by atoms with Crippen LogP contribution in [-0.4, -0.2) is 116 Å². The Labute approximate surface area is 363 Å². The predicted octanol–water partition coefficient (Wildman–Crippen LogP) is 3.88. The molecule has 1 aliphatic rings. The number of carbonyl (C=O) groups excluding carboxylic acids is 6. The number of ketones is 2. The maximum atomic E-state index is 13.8. The number of nitrogens with zero attached hydrogens (tertiary/aromatic N) is 1. The molecule has 1 aliphatic carbocycles. The Morgan fingerprint density at radius 1 is 0.726 bits per heavy atom. The summed E-state index contributed by atoms with van der Waals surface area (Å²) in [4.78, 5) is 104. The Balaban J connectivity index is 1.59. The van der Waals surface area contributed by atoms with Gasteiger partial charge in [-0.05, 0) is 44.2 Å². The second-order valence-electron chi connectivity index (χ2n) is 16.1. The lowest BCUT2D eigenvalue weighted by Crippen LogP contribution is -2.53. The first kappa shape index (κ1) is 50.9. The van der Waals surface area contributed by atoms with E-state index >= 15 is 0 Å². The number of nitrogens with one attached hydrogen (secondary N) is 4. The summed E-state index contributed by atoms with van der Waals surface area (Å²) in [6, 6.07) is 4.79. The minimum absolute atomic E-state index is 0.0126. The SMILES string of the molecule is CCCCCCCCCCCC(=O)NCCOC[C@H](N)C(=O)N[C@H](CCC1C(=O)c2cccc3c(N(C)C)ccc(c23)C1=O)C(=O)NCC[C@@H](NC(=O)CCCC(=O)O)C(=O)O. The molecule has 0 spiro atoms. The monoisotopic (exact) mass is 866 g/mol. The molecule has 0 fully saturated rings. The quantitative estimate of drug-likeness (QED) is 0.0420. The predicted molar refractivity (Wildman–Crippen MR) is 234 cm³/mol. The van der Waals surface area contributed by atoms with Crippen molar-refractivity contribution in [3.05, 3.63) is 41.5 Å². The molecule has 0 radical (unpaired) electrons. The summed E-state index contributed by atoms with van der Waals surface area (Å²) in [6.45, 7) is 2.01. The molecule has 62 heavy (non-hydrogen) atoms. The van der Waals surface area contributed by atoms with Gasteiger partial charge in [0.15, 0.2) is 11.6 Å². The third-order valence-corrected chi connectivity index (χ3v) is 10.9. The lowest BCUT2D eigenvalue weighted by molar-refractivity contribution is -0.142. The molecule has 0 heterocycles. The number of aliphatic carboxylic acids is 2. The molecular formula is C45H66N6O11. The van der Waals surface area contributed by atoms with Gasteiger partial charge >= 0.3 is 11.9 Å². The molecule has 2 aromatic carbocycles. The number of hydrogen-bond donors (Lipinski definition) is 7. The van der Waals surface area contributed by atoms with E-state index < -0.39 is 65.3 Å². The zero-order valence-corrected chi connectivity index (χ0v) is 36.4. The van der Waals surface area contributed by atoms with Crippen LogP contribution >= 0.6 is 0 Å². The van der Waals surface area contributed by atoms with Gasteiger partial charge < -0.3 is 46.9 Å². The van der Waals surface area contributed by atoms with Gasteiger partial charge in [0.05, 0.1) is 19.1 Å². The summed E-state index contributed by atoms with van der Waals surface area (Å²) < 4.78 is 5.54. The van der Waals surface area contributed by atoms with Crippen LogP contribution in [-0.2, 0) is 33.5 Å². The second-order valence-corrected chi connectivity index (χ2v) is 16.1. The van der Waals surface area contributed by atoms with Gasteiger partial charge in [0.1, 0.15) is 18.1 Å². The van der Waals surface area contributed by atoms with Gasteiger partial charge in [-0.25, -0.2) is 4.79 Å². The largest absolute Gasteiger partial charge is 0.481 e. The molecule has 4 atom stereocenters. The summed E-state index contributed by atoms with van der Waals surface area (Å²) in [7, 11) is 3.72. The van der Waals surface area contributed by atoms with Crippen LogP contribution in [0.5, 0.6) is 0 Å². The molecule has 342 valence electrons. The first-order chi connectivity index (χ1) is 29.7. The molecule has 8 N–H and O–H groups in total. The smallest absolute Gasteiger partial charge is 0.326 e. The van der Waals surface area contributed by atoms with E-state index in [2.05, 4.69) is 28.2 Å². The van der Waals surface area contributed by atoms with E-state index in [-0.39, 0.29) is 70.7 Å². The number of carboxylic acids is 2. The number of nitrogens with two attached hydrogens (primary N) is 1. The molecule has 0 saturated carbocycles. The van der Waals surface area contributed by atoms with Crippen molar-refractivity contribution < 1.29 is 53.3 Å². The second kappa shape index (κ2) is 26.8. The molecule has 4 amide bonds. The zero-order chi connectivity index (χ0) is 45.6. The van der Waals surface area contributed by atoms with Crippen LogP contribution in [0.15, 0.2) is 30.3 Å². The van der Waals surface area contributed by atoms with Crippen LogP contribution in [0.1, 0.15) is 130 Å². The van der Waals surface area contributed by atoms with E-state index in [1.54, 1.807) is 18.2 Å². The average molecular weight is 867 g/mol. The van der Waals surface area contributed by atoms with E-state index in [0.29, 0.717) is 22.9 Å². The van der Waals surface area contributed by atoms with Crippen molar-refractivity contribution in [3.63, 3.8) is 0 Å². The van der Waals surface area contributed by atoms with Crippen LogP contribution in [0, 0.1) is 5.92 Å². The lowest BCUT2D eigenvalue weighted by atomic mass is 9.77. The standard InChI is InChI=1S/C45H66N6O11/c1-4-5-6-7-8-9-10-11-12-17-37(52)47-26-27-62-28-33(46)43(58)50-34(44(59)48-25-24-35(45(60)61)49-38(53)18-14-19-39(54)55)22-20-32-41(56)30-16-13-15-29-36(51(2)3)23-21-31(40(29)30)42(32)57/h13,15-16,21,23,32-35H,4-12,14,17-20,22,24-28,46H2,1-3H3,(H,47,52)(H,48,59)(H,49,53)(H,50,58)(H,54,55)(H,60,61)/t32?,33-,34+,35+/m0/s1. The van der Waals surface area contributed by atoms with Gasteiger partial charge in [0.25, 0.3) is 0 Å². The number of amides is 4. The van der Waals surface area contributed by atoms with Crippen molar-refractivity contribution in [1.29, 1.82) is 0 Å². The first-order valence-electron chi connectivity index (χ1n) is 21.9. The number of anilines is 1. The highest BCUT2D eigenvalue weighted by atomic mass is 16.5. The molecule has 17 heteroatoms. The number of hydrogen-bond acceptors (Lipinski definition) is 11. The third kappa shape index (κ3) is 16.5. The minimum Gasteiger partial charge on any atom is -0.481 e. The van der Waals surface area contributed by atoms with E-state index in [0.717, 1.165) is 30.3 Å². The van der Waals surface area contributed by atoms with Crippen molar-refractivity contribution in [2.75, 3.05) is 45.3 Å². The minimum atomic E-state index is -1.40. The number of carbonyl (C=O) groups is 8. The molecule has 3 rings (SSSR count). The Morgan fingerprint density at radius 2 is 1.37 bits per heavy atom. The summed E-state index contributed by atoms with van der Waals surface area (Å²) in [5.74, 6) is -6.70. The molecule has 1 unspecified atom stereocenters. The molecule has 17 nitrogen and oxygen atoms in total. The molecular weight excluding hydrogens is 801 g/mol. The third-order valence-electron chi connectivity index (χ3n) is 10.9. The summed E-state index contributed by atoms with van der Waals surface area (Å²) in [5.41, 5.74) is 7.71. The summed E-state index contributed by atoms with van der Waals surface area (Å²) >= 11 is 0. The normalized spacial score (nSPS) is 14.7. The average Bonchev–Trinajstić information content (AvgIpc) is 3.23.